The highest BCUT2D eigenvalue weighted by Gasteiger charge is 2.31. The van der Waals surface area contributed by atoms with Gasteiger partial charge in [-0.2, -0.15) is 0 Å². The number of hydrogen-bond acceptors (Lipinski definition) is 2. The van der Waals surface area contributed by atoms with Crippen LogP contribution in [0.15, 0.2) is 18.2 Å². The van der Waals surface area contributed by atoms with Gasteiger partial charge in [0.1, 0.15) is 5.82 Å². The summed E-state index contributed by atoms with van der Waals surface area (Å²) in [6.45, 7) is 10.2. The Kier molecular flexibility index (Phi) is 4.19. The molecule has 1 aliphatic rings. The van der Waals surface area contributed by atoms with Gasteiger partial charge in [0.05, 0.1) is 5.54 Å². The molecule has 1 aromatic rings. The number of hydrogen-bond donors (Lipinski definition) is 1. The van der Waals surface area contributed by atoms with Crippen molar-refractivity contribution in [1.29, 1.82) is 0 Å². The van der Waals surface area contributed by atoms with Crippen molar-refractivity contribution in [3.8, 4) is 0 Å². The molecule has 0 aromatic heterocycles. The molecule has 1 aliphatic heterocycles. The molecule has 110 valence electrons. The molecular weight excluding hydrogens is 251 g/mol. The van der Waals surface area contributed by atoms with Gasteiger partial charge in [-0.15, -0.1) is 0 Å². The fourth-order valence-corrected chi connectivity index (χ4v) is 3.10. The minimum atomic E-state index is -0.121. The second-order valence-electron chi connectivity index (χ2n) is 6.12. The van der Waals surface area contributed by atoms with E-state index < -0.39 is 0 Å². The molecule has 0 bridgehead atoms. The number of allylic oxidation sites excluding steroid dienone is 1. The Bertz CT molecular complexity index is 532. The van der Waals surface area contributed by atoms with Crippen LogP contribution in [0.5, 0.6) is 0 Å². The maximum absolute atomic E-state index is 14.3. The summed E-state index contributed by atoms with van der Waals surface area (Å²) in [7, 11) is 1.84. The number of halogens is 1. The van der Waals surface area contributed by atoms with E-state index in [1.807, 2.05) is 13.1 Å². The summed E-state index contributed by atoms with van der Waals surface area (Å²) in [5.41, 5.74) is 4.08. The van der Waals surface area contributed by atoms with Crippen LogP contribution < -0.4 is 10.2 Å². The van der Waals surface area contributed by atoms with E-state index in [9.17, 15) is 4.39 Å². The predicted octanol–water partition coefficient (Wildman–Crippen LogP) is 3.96. The van der Waals surface area contributed by atoms with Gasteiger partial charge in [-0.3, -0.25) is 0 Å². The topological polar surface area (TPSA) is 15.3 Å². The summed E-state index contributed by atoms with van der Waals surface area (Å²) in [6.07, 6.45) is 3.34. The van der Waals surface area contributed by atoms with Crippen LogP contribution in [0, 0.1) is 5.82 Å². The average molecular weight is 276 g/mol. The standard InChI is InChI=1S/C17H25FN2/c1-6-7-20-16-9-15(18)13(11-19-5)8-14(16)12(2)10-17(20,3)4/h8-10,19H,6-7,11H2,1-5H3. The van der Waals surface area contributed by atoms with Crippen molar-refractivity contribution in [1.82, 2.24) is 5.32 Å². The Morgan fingerprint density at radius 1 is 1.30 bits per heavy atom. The summed E-state index contributed by atoms with van der Waals surface area (Å²) < 4.78 is 14.3. The van der Waals surface area contributed by atoms with E-state index in [0.29, 0.717) is 6.54 Å². The van der Waals surface area contributed by atoms with Crippen LogP contribution in [0.1, 0.15) is 45.2 Å². The molecule has 0 fully saturated rings. The van der Waals surface area contributed by atoms with Gasteiger partial charge in [0.2, 0.25) is 0 Å². The molecule has 2 nitrogen and oxygen atoms in total. The lowest BCUT2D eigenvalue weighted by atomic mass is 9.87. The quantitative estimate of drug-likeness (QED) is 0.895. The fourth-order valence-electron chi connectivity index (χ4n) is 3.10. The SMILES string of the molecule is CCCN1c2cc(F)c(CNC)cc2C(C)=CC1(C)C. The number of benzene rings is 1. The van der Waals surface area contributed by atoms with Crippen LogP contribution in [0.4, 0.5) is 10.1 Å². The normalized spacial score (nSPS) is 16.9. The summed E-state index contributed by atoms with van der Waals surface area (Å²) in [4.78, 5) is 2.31. The first-order valence-electron chi connectivity index (χ1n) is 7.35. The third-order valence-corrected chi connectivity index (χ3v) is 3.96. The van der Waals surface area contributed by atoms with Gasteiger partial charge in [-0.05, 0) is 51.9 Å². The molecule has 1 heterocycles. The van der Waals surface area contributed by atoms with Gasteiger partial charge >= 0.3 is 0 Å². The average Bonchev–Trinajstić information content (AvgIpc) is 2.36. The molecule has 1 aromatic carbocycles. The van der Waals surface area contributed by atoms with Crippen LogP contribution in [0.3, 0.4) is 0 Å². The van der Waals surface area contributed by atoms with Crippen LogP contribution >= 0.6 is 0 Å². The zero-order valence-electron chi connectivity index (χ0n) is 13.2. The van der Waals surface area contributed by atoms with Crippen LogP contribution in [0.2, 0.25) is 0 Å². The highest BCUT2D eigenvalue weighted by atomic mass is 19.1. The number of nitrogens with one attached hydrogen (secondary N) is 1. The van der Waals surface area contributed by atoms with E-state index >= 15 is 0 Å². The summed E-state index contributed by atoms with van der Waals surface area (Å²) in [5, 5.41) is 3.03. The molecule has 1 N–H and O–H groups in total. The molecule has 0 radical (unpaired) electrons. The van der Waals surface area contributed by atoms with Crippen LogP contribution in [-0.4, -0.2) is 19.1 Å². The maximum atomic E-state index is 14.3. The van der Waals surface area contributed by atoms with Crippen LogP contribution in [-0.2, 0) is 6.54 Å². The van der Waals surface area contributed by atoms with Gasteiger partial charge in [-0.1, -0.05) is 13.0 Å². The lowest BCUT2D eigenvalue weighted by Crippen LogP contribution is -2.45. The molecule has 0 aliphatic carbocycles. The van der Waals surface area contributed by atoms with Gasteiger partial charge in [0.25, 0.3) is 0 Å². The monoisotopic (exact) mass is 276 g/mol. The Labute approximate surface area is 121 Å². The number of rotatable bonds is 4. The van der Waals surface area contributed by atoms with E-state index in [1.165, 1.54) is 5.57 Å². The minimum absolute atomic E-state index is 0.0654. The Morgan fingerprint density at radius 3 is 2.60 bits per heavy atom. The highest BCUT2D eigenvalue weighted by molar-refractivity contribution is 5.81. The Balaban J connectivity index is 2.57. The first-order chi connectivity index (χ1) is 9.40. The van der Waals surface area contributed by atoms with Gasteiger partial charge in [-0.25, -0.2) is 4.39 Å². The zero-order valence-corrected chi connectivity index (χ0v) is 13.2. The molecular formula is C17H25FN2. The first kappa shape index (κ1) is 15.0. The van der Waals surface area contributed by atoms with E-state index in [1.54, 1.807) is 6.07 Å². The van der Waals surface area contributed by atoms with Crippen molar-refractivity contribution < 1.29 is 4.39 Å². The number of fused-ring (bicyclic) bond motifs is 1. The zero-order chi connectivity index (χ0) is 14.9. The molecule has 0 saturated carbocycles. The van der Waals surface area contributed by atoms with Crippen LogP contribution in [0.25, 0.3) is 5.57 Å². The van der Waals surface area contributed by atoms with E-state index in [0.717, 1.165) is 29.8 Å². The molecule has 3 heteroatoms. The maximum Gasteiger partial charge on any atom is 0.129 e. The third-order valence-electron chi connectivity index (χ3n) is 3.96. The van der Waals surface area contributed by atoms with E-state index in [4.69, 9.17) is 0 Å². The summed E-state index contributed by atoms with van der Waals surface area (Å²) in [5.74, 6) is -0.121. The molecule has 0 unspecified atom stereocenters. The molecule has 2 rings (SSSR count). The molecule has 0 saturated heterocycles. The van der Waals surface area contributed by atoms with Crippen molar-refractivity contribution >= 4 is 11.3 Å². The lowest BCUT2D eigenvalue weighted by Gasteiger charge is -2.43. The van der Waals surface area contributed by atoms with Crippen molar-refractivity contribution in [2.75, 3.05) is 18.5 Å². The Morgan fingerprint density at radius 2 is 2.00 bits per heavy atom. The first-order valence-corrected chi connectivity index (χ1v) is 7.35. The van der Waals surface area contributed by atoms with Crippen molar-refractivity contribution in [2.24, 2.45) is 0 Å². The predicted molar refractivity (Wildman–Crippen MR) is 84.5 cm³/mol. The lowest BCUT2D eigenvalue weighted by molar-refractivity contribution is 0.544. The van der Waals surface area contributed by atoms with Crippen molar-refractivity contribution in [3.63, 3.8) is 0 Å². The second-order valence-corrected chi connectivity index (χ2v) is 6.12. The second kappa shape index (κ2) is 5.57. The Hall–Kier alpha value is -1.35. The summed E-state index contributed by atoms with van der Waals surface area (Å²) >= 11 is 0. The molecule has 0 spiro atoms. The largest absolute Gasteiger partial charge is 0.362 e. The minimum Gasteiger partial charge on any atom is -0.362 e. The molecule has 20 heavy (non-hydrogen) atoms. The highest BCUT2D eigenvalue weighted by Crippen LogP contribution is 2.40. The number of nitrogens with zero attached hydrogens (tertiary/aromatic N) is 1. The molecule has 0 amide bonds. The molecule has 0 atom stereocenters. The third kappa shape index (κ3) is 2.59. The van der Waals surface area contributed by atoms with Gasteiger partial charge in [0, 0.05) is 29.9 Å². The van der Waals surface area contributed by atoms with E-state index in [-0.39, 0.29) is 11.4 Å². The van der Waals surface area contributed by atoms with E-state index in [2.05, 4.69) is 44.0 Å². The van der Waals surface area contributed by atoms with Gasteiger partial charge < -0.3 is 10.2 Å². The summed E-state index contributed by atoms with van der Waals surface area (Å²) in [6, 6.07) is 3.70. The fraction of sp³-hybridized carbons (Fsp3) is 0.529. The van der Waals surface area contributed by atoms with Gasteiger partial charge in [0.15, 0.2) is 0 Å². The number of anilines is 1. The van der Waals surface area contributed by atoms with Crippen molar-refractivity contribution in [2.45, 2.75) is 46.2 Å². The van der Waals surface area contributed by atoms with Crippen molar-refractivity contribution in [3.05, 3.63) is 35.2 Å². The smallest absolute Gasteiger partial charge is 0.129 e.